The number of carbonyl (C=O) groups is 1. The Kier molecular flexibility index (Phi) is 4.73. The van der Waals surface area contributed by atoms with Gasteiger partial charge < -0.3 is 15.7 Å². The Morgan fingerprint density at radius 2 is 2.13 bits per heavy atom. The Hall–Kier alpha value is -2.18. The van der Waals surface area contributed by atoms with Gasteiger partial charge in [-0.15, -0.1) is 11.3 Å². The summed E-state index contributed by atoms with van der Waals surface area (Å²) in [7, 11) is 0. The fraction of sp³-hybridized carbons (Fsp3) is 0.294. The van der Waals surface area contributed by atoms with Crippen molar-refractivity contribution in [1.82, 2.24) is 10.3 Å². The molecule has 120 valence electrons. The average Bonchev–Trinajstić information content (AvgIpc) is 3.17. The van der Waals surface area contributed by atoms with Gasteiger partial charge in [-0.2, -0.15) is 0 Å². The molecule has 1 aliphatic carbocycles. The van der Waals surface area contributed by atoms with Crippen molar-refractivity contribution in [2.75, 3.05) is 11.9 Å². The summed E-state index contributed by atoms with van der Waals surface area (Å²) >= 11 is 1.62. The van der Waals surface area contributed by atoms with Gasteiger partial charge in [0.15, 0.2) is 0 Å². The molecule has 3 N–H and O–H groups in total. The molecule has 0 aliphatic heterocycles. The van der Waals surface area contributed by atoms with E-state index in [-0.39, 0.29) is 24.6 Å². The molecule has 2 amide bonds. The number of aromatic nitrogens is 1. The highest BCUT2D eigenvalue weighted by molar-refractivity contribution is 7.09. The first-order valence-corrected chi connectivity index (χ1v) is 8.41. The van der Waals surface area contributed by atoms with E-state index in [1.165, 1.54) is 0 Å². The molecule has 2 aromatic rings. The van der Waals surface area contributed by atoms with E-state index in [1.807, 2.05) is 48.7 Å². The zero-order chi connectivity index (χ0) is 16.2. The van der Waals surface area contributed by atoms with Crippen molar-refractivity contribution in [3.63, 3.8) is 0 Å². The van der Waals surface area contributed by atoms with Gasteiger partial charge in [-0.3, -0.25) is 0 Å². The van der Waals surface area contributed by atoms with Gasteiger partial charge >= 0.3 is 6.03 Å². The van der Waals surface area contributed by atoms with Gasteiger partial charge in [0, 0.05) is 35.2 Å². The Morgan fingerprint density at radius 3 is 2.74 bits per heavy atom. The fourth-order valence-corrected chi connectivity index (χ4v) is 3.19. The lowest BCUT2D eigenvalue weighted by atomic mass is 10.1. The second kappa shape index (κ2) is 6.93. The zero-order valence-electron chi connectivity index (χ0n) is 12.8. The van der Waals surface area contributed by atoms with E-state index >= 15 is 0 Å². The topological polar surface area (TPSA) is 74.2 Å². The predicted octanol–water partition coefficient (Wildman–Crippen LogP) is 3.18. The molecule has 0 spiro atoms. The van der Waals surface area contributed by atoms with E-state index in [0.29, 0.717) is 0 Å². The largest absolute Gasteiger partial charge is 0.396 e. The minimum Gasteiger partial charge on any atom is -0.396 e. The molecule has 23 heavy (non-hydrogen) atoms. The molecular formula is C17H19N3O2S. The monoisotopic (exact) mass is 329 g/mol. The number of hydrogen-bond donors (Lipinski definition) is 3. The normalized spacial score (nSPS) is 19.7. The van der Waals surface area contributed by atoms with Crippen LogP contribution in [0.5, 0.6) is 0 Å². The number of aryl methyl sites for hydroxylation is 1. The Balaban J connectivity index is 1.56. The van der Waals surface area contributed by atoms with E-state index in [0.717, 1.165) is 28.4 Å². The lowest BCUT2D eigenvalue weighted by molar-refractivity contribution is 0.238. The maximum atomic E-state index is 12.0. The molecule has 0 radical (unpaired) electrons. The summed E-state index contributed by atoms with van der Waals surface area (Å²) in [4.78, 5) is 16.4. The van der Waals surface area contributed by atoms with Crippen LogP contribution >= 0.6 is 11.3 Å². The molecular weight excluding hydrogens is 310 g/mol. The van der Waals surface area contributed by atoms with Gasteiger partial charge in [0.05, 0.1) is 10.7 Å². The molecule has 0 fully saturated rings. The van der Waals surface area contributed by atoms with Crippen LogP contribution in [0.1, 0.15) is 11.4 Å². The minimum absolute atomic E-state index is 0.0237. The van der Waals surface area contributed by atoms with Crippen LogP contribution < -0.4 is 10.6 Å². The van der Waals surface area contributed by atoms with Crippen molar-refractivity contribution >= 4 is 23.1 Å². The van der Waals surface area contributed by atoms with E-state index in [2.05, 4.69) is 15.6 Å². The van der Waals surface area contributed by atoms with Crippen molar-refractivity contribution in [2.24, 2.45) is 5.92 Å². The van der Waals surface area contributed by atoms with Crippen molar-refractivity contribution in [3.05, 3.63) is 46.8 Å². The first kappa shape index (κ1) is 15.7. The van der Waals surface area contributed by atoms with Crippen molar-refractivity contribution in [2.45, 2.75) is 19.4 Å². The van der Waals surface area contributed by atoms with Gasteiger partial charge in [0.25, 0.3) is 0 Å². The standard InChI is InChI=1S/C17H19N3O2S/c1-11-18-16(10-23-11)13-3-6-14(7-4-13)19-17(22)20-15-5-2-12(8-15)9-21/h2-7,10,12,15,21H,8-9H2,1H3,(H2,19,20,22)/t12-,15+/m0/s1. The number of anilines is 1. The number of aliphatic hydroxyl groups excluding tert-OH is 1. The third-order valence-electron chi connectivity index (χ3n) is 3.78. The molecule has 1 heterocycles. The molecule has 0 unspecified atom stereocenters. The number of amides is 2. The number of nitrogens with zero attached hydrogens (tertiary/aromatic N) is 1. The first-order chi connectivity index (χ1) is 11.1. The number of hydrogen-bond acceptors (Lipinski definition) is 4. The zero-order valence-corrected chi connectivity index (χ0v) is 13.6. The third-order valence-corrected chi connectivity index (χ3v) is 4.55. The van der Waals surface area contributed by atoms with Gasteiger partial charge in [-0.1, -0.05) is 24.3 Å². The van der Waals surface area contributed by atoms with Gasteiger partial charge in [0.1, 0.15) is 0 Å². The molecule has 5 nitrogen and oxygen atoms in total. The number of carbonyl (C=O) groups excluding carboxylic acids is 1. The highest BCUT2D eigenvalue weighted by atomic mass is 32.1. The number of benzene rings is 1. The predicted molar refractivity (Wildman–Crippen MR) is 92.6 cm³/mol. The summed E-state index contributed by atoms with van der Waals surface area (Å²) in [6.07, 6.45) is 4.61. The number of aliphatic hydroxyl groups is 1. The van der Waals surface area contributed by atoms with Crippen molar-refractivity contribution in [1.29, 1.82) is 0 Å². The highest BCUT2D eigenvalue weighted by Gasteiger charge is 2.19. The molecule has 0 bridgehead atoms. The van der Waals surface area contributed by atoms with Gasteiger partial charge in [0.2, 0.25) is 0 Å². The molecule has 1 aromatic heterocycles. The SMILES string of the molecule is Cc1nc(-c2ccc(NC(=O)N[C@@H]3C=C[C@H](CO)C3)cc2)cs1. The van der Waals surface area contributed by atoms with Crippen LogP contribution in [0, 0.1) is 12.8 Å². The van der Waals surface area contributed by atoms with E-state index < -0.39 is 0 Å². The first-order valence-electron chi connectivity index (χ1n) is 7.53. The third kappa shape index (κ3) is 3.97. The summed E-state index contributed by atoms with van der Waals surface area (Å²) < 4.78 is 0. The number of rotatable bonds is 4. The quantitative estimate of drug-likeness (QED) is 0.754. The van der Waals surface area contributed by atoms with Crippen molar-refractivity contribution in [3.8, 4) is 11.3 Å². The van der Waals surface area contributed by atoms with E-state index in [9.17, 15) is 4.79 Å². The molecule has 0 saturated heterocycles. The second-order valence-electron chi connectivity index (χ2n) is 5.60. The van der Waals surface area contributed by atoms with Crippen molar-refractivity contribution < 1.29 is 9.90 Å². The van der Waals surface area contributed by atoms with Gasteiger partial charge in [-0.25, -0.2) is 9.78 Å². The number of thiazole rings is 1. The second-order valence-corrected chi connectivity index (χ2v) is 6.66. The highest BCUT2D eigenvalue weighted by Crippen LogP contribution is 2.23. The number of nitrogens with one attached hydrogen (secondary N) is 2. The van der Waals surface area contributed by atoms with Crippen LogP contribution in [0.3, 0.4) is 0 Å². The number of urea groups is 1. The molecule has 1 aromatic carbocycles. The van der Waals surface area contributed by atoms with Crippen LogP contribution in [0.2, 0.25) is 0 Å². The molecule has 3 rings (SSSR count). The van der Waals surface area contributed by atoms with E-state index in [4.69, 9.17) is 5.11 Å². The lowest BCUT2D eigenvalue weighted by Crippen LogP contribution is -2.36. The molecule has 6 heteroatoms. The van der Waals surface area contributed by atoms with Crippen LogP contribution in [0.15, 0.2) is 41.8 Å². The maximum Gasteiger partial charge on any atom is 0.319 e. The summed E-state index contributed by atoms with van der Waals surface area (Å²) in [6.45, 7) is 2.10. The summed E-state index contributed by atoms with van der Waals surface area (Å²) in [5.41, 5.74) is 2.72. The molecule has 1 aliphatic rings. The molecule has 2 atom stereocenters. The Morgan fingerprint density at radius 1 is 1.35 bits per heavy atom. The smallest absolute Gasteiger partial charge is 0.319 e. The lowest BCUT2D eigenvalue weighted by Gasteiger charge is -2.13. The van der Waals surface area contributed by atoms with Gasteiger partial charge in [-0.05, 0) is 25.5 Å². The molecule has 0 saturated carbocycles. The summed E-state index contributed by atoms with van der Waals surface area (Å²) in [5, 5.41) is 17.9. The maximum absolute atomic E-state index is 12.0. The Bertz CT molecular complexity index is 709. The Labute approximate surface area is 139 Å². The average molecular weight is 329 g/mol. The fourth-order valence-electron chi connectivity index (χ4n) is 2.57. The van der Waals surface area contributed by atoms with Crippen LogP contribution in [-0.2, 0) is 0 Å². The summed E-state index contributed by atoms with van der Waals surface area (Å²) in [6, 6.07) is 7.36. The van der Waals surface area contributed by atoms with E-state index in [1.54, 1.807) is 11.3 Å². The summed E-state index contributed by atoms with van der Waals surface area (Å²) in [5.74, 6) is 0.140. The van der Waals surface area contributed by atoms with Crippen LogP contribution in [0.4, 0.5) is 10.5 Å². The van der Waals surface area contributed by atoms with Crippen LogP contribution in [-0.4, -0.2) is 28.8 Å². The minimum atomic E-state index is -0.240. The van der Waals surface area contributed by atoms with Crippen LogP contribution in [0.25, 0.3) is 11.3 Å².